The second kappa shape index (κ2) is 9.21. The predicted octanol–water partition coefficient (Wildman–Crippen LogP) is 7.84. The zero-order chi connectivity index (χ0) is 23.9. The number of allylic oxidation sites excluding steroid dienone is 4. The lowest BCUT2D eigenvalue weighted by atomic mass is 9.56. The molecule has 0 amide bonds. The zero-order valence-electron chi connectivity index (χ0n) is 22.4. The smallest absolute Gasteiger partial charge is 0.0620 e. The van der Waals surface area contributed by atoms with Crippen LogP contribution >= 0.6 is 0 Å². The van der Waals surface area contributed by atoms with Gasteiger partial charge in [-0.15, -0.1) is 0 Å². The highest BCUT2D eigenvalue weighted by molar-refractivity contribution is 5.16. The number of hydrogen-bond donors (Lipinski definition) is 2. The first-order chi connectivity index (χ1) is 14.7. The van der Waals surface area contributed by atoms with Crippen molar-refractivity contribution in [3.8, 4) is 0 Å². The molecular weight excluding hydrogens is 392 g/mol. The maximum Gasteiger partial charge on any atom is 0.0620 e. The molecule has 2 N–H and O–H groups in total. The Hall–Kier alpha value is -0.600. The lowest BCUT2D eigenvalue weighted by Gasteiger charge is -2.49. The largest absolute Gasteiger partial charge is 0.390 e. The fourth-order valence-corrected chi connectivity index (χ4v) is 7.63. The van der Waals surface area contributed by atoms with Gasteiger partial charge in [0, 0.05) is 0 Å². The molecule has 0 heterocycles. The first kappa shape index (κ1) is 26.0. The molecule has 4 aliphatic rings. The van der Waals surface area contributed by atoms with Crippen molar-refractivity contribution in [2.24, 2.45) is 34.5 Å². The molecule has 2 fully saturated rings. The van der Waals surface area contributed by atoms with Crippen LogP contribution in [0, 0.1) is 34.5 Å². The minimum Gasteiger partial charge on any atom is -0.390 e. The monoisotopic (exact) mass is 444 g/mol. The molecule has 0 bridgehead atoms. The summed E-state index contributed by atoms with van der Waals surface area (Å²) in [6, 6.07) is 0. The van der Waals surface area contributed by atoms with Crippen molar-refractivity contribution in [2.45, 2.75) is 131 Å². The number of aliphatic hydroxyl groups is 2. The third-order valence-electron chi connectivity index (χ3n) is 10.3. The summed E-state index contributed by atoms with van der Waals surface area (Å²) >= 11 is 0. The first-order valence-corrected chi connectivity index (χ1v) is 13.4. The summed E-state index contributed by atoms with van der Waals surface area (Å²) < 4.78 is 0. The Kier molecular flexibility index (Phi) is 7.49. The maximum absolute atomic E-state index is 10.2. The molecule has 0 spiro atoms. The summed E-state index contributed by atoms with van der Waals surface area (Å²) in [6.45, 7) is 17.4. The highest BCUT2D eigenvalue weighted by atomic mass is 16.3. The first-order valence-electron chi connectivity index (χ1n) is 13.4. The molecule has 0 saturated heterocycles. The van der Waals surface area contributed by atoms with E-state index in [0.717, 1.165) is 0 Å². The van der Waals surface area contributed by atoms with Crippen molar-refractivity contribution in [3.63, 3.8) is 0 Å². The third kappa shape index (κ3) is 5.54. The van der Waals surface area contributed by atoms with Gasteiger partial charge >= 0.3 is 0 Å². The van der Waals surface area contributed by atoms with E-state index in [1.165, 1.54) is 64.2 Å². The minimum absolute atomic E-state index is 0.479. The van der Waals surface area contributed by atoms with Gasteiger partial charge in [0.05, 0.1) is 11.2 Å². The number of rotatable bonds is 2. The summed E-state index contributed by atoms with van der Waals surface area (Å²) in [7, 11) is 0. The van der Waals surface area contributed by atoms with Gasteiger partial charge in [-0.1, -0.05) is 37.1 Å². The average molecular weight is 445 g/mol. The van der Waals surface area contributed by atoms with E-state index in [1.54, 1.807) is 11.1 Å². The fourth-order valence-electron chi connectivity index (χ4n) is 7.63. The molecule has 32 heavy (non-hydrogen) atoms. The summed E-state index contributed by atoms with van der Waals surface area (Å²) in [5, 5.41) is 20.4. The van der Waals surface area contributed by atoms with E-state index in [9.17, 15) is 10.2 Å². The highest BCUT2D eigenvalue weighted by Gasteiger charge is 2.46. The SMILES string of the molecule is CC1=CCC[C@]2(C)CC[C@@H](C(C)(C)O)C[C@@H]12.CC1=CCC[C@]2(C)CC[C@@H](C(C)(C)O)C[C@@H]12. The molecule has 0 aromatic heterocycles. The molecule has 6 atom stereocenters. The number of hydrogen-bond acceptors (Lipinski definition) is 2. The van der Waals surface area contributed by atoms with Crippen LogP contribution in [0.5, 0.6) is 0 Å². The lowest BCUT2D eigenvalue weighted by molar-refractivity contribution is -0.0377. The standard InChI is InChI=1S/2C15H26O/c2*1-11-6-5-8-15(4)9-7-12(10-13(11)15)14(2,3)16/h2*6,12-13,16H,5,7-10H2,1-4H3/t2*12-,13+,15-/m11/s1. The topological polar surface area (TPSA) is 40.5 Å². The van der Waals surface area contributed by atoms with E-state index < -0.39 is 11.2 Å². The Morgan fingerprint density at radius 1 is 0.688 bits per heavy atom. The lowest BCUT2D eigenvalue weighted by Crippen LogP contribution is -2.43. The summed E-state index contributed by atoms with van der Waals surface area (Å²) in [5.74, 6) is 2.39. The molecule has 0 aliphatic heterocycles. The second-order valence-corrected chi connectivity index (χ2v) is 13.6. The Labute approximate surface area is 199 Å². The second-order valence-electron chi connectivity index (χ2n) is 13.6. The van der Waals surface area contributed by atoms with Gasteiger partial charge in [0.2, 0.25) is 0 Å². The van der Waals surface area contributed by atoms with Crippen LogP contribution in [0.25, 0.3) is 0 Å². The molecule has 2 nitrogen and oxygen atoms in total. The van der Waals surface area contributed by atoms with Crippen molar-refractivity contribution in [2.75, 3.05) is 0 Å². The van der Waals surface area contributed by atoms with Gasteiger partial charge < -0.3 is 10.2 Å². The minimum atomic E-state index is -0.501. The van der Waals surface area contributed by atoms with Crippen LogP contribution in [0.4, 0.5) is 0 Å². The average Bonchev–Trinajstić information content (AvgIpc) is 2.66. The zero-order valence-corrected chi connectivity index (χ0v) is 22.4. The third-order valence-corrected chi connectivity index (χ3v) is 10.3. The molecule has 0 aromatic carbocycles. The van der Waals surface area contributed by atoms with Crippen LogP contribution in [0.3, 0.4) is 0 Å². The van der Waals surface area contributed by atoms with E-state index in [1.807, 2.05) is 27.7 Å². The van der Waals surface area contributed by atoms with Crippen molar-refractivity contribution in [1.29, 1.82) is 0 Å². The Morgan fingerprint density at radius 2 is 1.03 bits per heavy atom. The molecule has 0 aromatic rings. The molecular formula is C30H52O2. The van der Waals surface area contributed by atoms with Crippen LogP contribution in [0.15, 0.2) is 23.3 Å². The van der Waals surface area contributed by atoms with Gasteiger partial charge in [-0.2, -0.15) is 0 Å². The van der Waals surface area contributed by atoms with E-state index >= 15 is 0 Å². The van der Waals surface area contributed by atoms with Crippen LogP contribution in [0.2, 0.25) is 0 Å². The maximum atomic E-state index is 10.2. The molecule has 2 saturated carbocycles. The quantitative estimate of drug-likeness (QED) is 0.426. The normalized spacial score (nSPS) is 40.2. The van der Waals surface area contributed by atoms with Gasteiger partial charge in [-0.05, 0) is 140 Å². The van der Waals surface area contributed by atoms with Crippen LogP contribution < -0.4 is 0 Å². The van der Waals surface area contributed by atoms with Crippen molar-refractivity contribution in [3.05, 3.63) is 23.3 Å². The Morgan fingerprint density at radius 3 is 1.34 bits per heavy atom. The summed E-state index contributed by atoms with van der Waals surface area (Å²) in [5.41, 5.74) is 3.17. The van der Waals surface area contributed by atoms with Crippen molar-refractivity contribution in [1.82, 2.24) is 0 Å². The molecule has 4 aliphatic carbocycles. The summed E-state index contributed by atoms with van der Waals surface area (Å²) in [4.78, 5) is 0. The molecule has 0 unspecified atom stereocenters. The van der Waals surface area contributed by atoms with Crippen LogP contribution in [-0.4, -0.2) is 21.4 Å². The fraction of sp³-hybridized carbons (Fsp3) is 0.867. The van der Waals surface area contributed by atoms with Gasteiger partial charge in [-0.25, -0.2) is 0 Å². The van der Waals surface area contributed by atoms with E-state index in [4.69, 9.17) is 0 Å². The van der Waals surface area contributed by atoms with Gasteiger partial charge in [-0.3, -0.25) is 0 Å². The molecule has 184 valence electrons. The van der Waals surface area contributed by atoms with Crippen molar-refractivity contribution < 1.29 is 10.2 Å². The van der Waals surface area contributed by atoms with Gasteiger partial charge in [0.25, 0.3) is 0 Å². The van der Waals surface area contributed by atoms with Crippen LogP contribution in [-0.2, 0) is 0 Å². The van der Waals surface area contributed by atoms with E-state index in [2.05, 4.69) is 39.8 Å². The number of fused-ring (bicyclic) bond motifs is 2. The van der Waals surface area contributed by atoms with Gasteiger partial charge in [0.1, 0.15) is 0 Å². The molecule has 2 heteroatoms. The van der Waals surface area contributed by atoms with Crippen LogP contribution in [0.1, 0.15) is 120 Å². The van der Waals surface area contributed by atoms with E-state index in [0.29, 0.717) is 34.5 Å². The highest BCUT2D eigenvalue weighted by Crippen LogP contribution is 2.54. The Bertz CT molecular complexity index is 656. The van der Waals surface area contributed by atoms with Gasteiger partial charge in [0.15, 0.2) is 0 Å². The van der Waals surface area contributed by atoms with Crippen molar-refractivity contribution >= 4 is 0 Å². The molecule has 4 rings (SSSR count). The molecule has 0 radical (unpaired) electrons. The van der Waals surface area contributed by atoms with E-state index in [-0.39, 0.29) is 0 Å². The summed E-state index contributed by atoms with van der Waals surface area (Å²) in [6.07, 6.45) is 17.4. The Balaban J connectivity index is 0.000000181. The predicted molar refractivity (Wildman–Crippen MR) is 136 cm³/mol.